The highest BCUT2D eigenvalue weighted by Gasteiger charge is 2.05. The SMILES string of the molecule is Cc1cccc(-c2cc(-c3ccccc3)[nH]c(=O)n2)c1. The van der Waals surface area contributed by atoms with E-state index in [0.717, 1.165) is 22.4 Å². The maximum absolute atomic E-state index is 11.8. The van der Waals surface area contributed by atoms with Crippen molar-refractivity contribution in [3.63, 3.8) is 0 Å². The van der Waals surface area contributed by atoms with Crippen molar-refractivity contribution in [1.82, 2.24) is 9.97 Å². The van der Waals surface area contributed by atoms with Crippen molar-refractivity contribution in [2.24, 2.45) is 0 Å². The zero-order valence-corrected chi connectivity index (χ0v) is 11.1. The lowest BCUT2D eigenvalue weighted by Crippen LogP contribution is -2.11. The lowest BCUT2D eigenvalue weighted by molar-refractivity contribution is 1.09. The highest BCUT2D eigenvalue weighted by atomic mass is 16.1. The van der Waals surface area contributed by atoms with E-state index in [9.17, 15) is 4.79 Å². The second-order valence-electron chi connectivity index (χ2n) is 4.72. The third-order valence-corrected chi connectivity index (χ3v) is 3.14. The van der Waals surface area contributed by atoms with E-state index in [1.807, 2.05) is 67.6 Å². The number of H-pyrrole nitrogens is 1. The number of nitrogens with one attached hydrogen (secondary N) is 1. The first-order chi connectivity index (χ1) is 9.72. The summed E-state index contributed by atoms with van der Waals surface area (Å²) in [4.78, 5) is 18.6. The molecule has 3 rings (SSSR count). The van der Waals surface area contributed by atoms with Gasteiger partial charge in [-0.15, -0.1) is 0 Å². The Morgan fingerprint density at radius 1 is 0.900 bits per heavy atom. The van der Waals surface area contributed by atoms with Crippen LogP contribution >= 0.6 is 0 Å². The summed E-state index contributed by atoms with van der Waals surface area (Å²) in [6.45, 7) is 2.02. The fourth-order valence-electron chi connectivity index (χ4n) is 2.18. The Morgan fingerprint density at radius 2 is 1.65 bits per heavy atom. The normalized spacial score (nSPS) is 10.4. The summed E-state index contributed by atoms with van der Waals surface area (Å²) in [6.07, 6.45) is 0. The predicted octanol–water partition coefficient (Wildman–Crippen LogP) is 3.41. The number of hydrogen-bond donors (Lipinski definition) is 1. The third kappa shape index (κ3) is 2.52. The van der Waals surface area contributed by atoms with Crippen LogP contribution in [-0.2, 0) is 0 Å². The van der Waals surface area contributed by atoms with Crippen molar-refractivity contribution >= 4 is 0 Å². The largest absolute Gasteiger partial charge is 0.345 e. The molecule has 98 valence electrons. The van der Waals surface area contributed by atoms with Crippen molar-refractivity contribution in [3.05, 3.63) is 76.7 Å². The highest BCUT2D eigenvalue weighted by molar-refractivity contribution is 5.67. The Balaban J connectivity index is 2.15. The molecule has 0 aliphatic rings. The van der Waals surface area contributed by atoms with Gasteiger partial charge in [-0.25, -0.2) is 4.79 Å². The van der Waals surface area contributed by atoms with Crippen LogP contribution in [-0.4, -0.2) is 9.97 Å². The van der Waals surface area contributed by atoms with E-state index in [2.05, 4.69) is 9.97 Å². The Hall–Kier alpha value is -2.68. The lowest BCUT2D eigenvalue weighted by atomic mass is 10.1. The third-order valence-electron chi connectivity index (χ3n) is 3.14. The van der Waals surface area contributed by atoms with Gasteiger partial charge in [0.15, 0.2) is 0 Å². The summed E-state index contributed by atoms with van der Waals surface area (Å²) in [7, 11) is 0. The summed E-state index contributed by atoms with van der Waals surface area (Å²) >= 11 is 0. The number of rotatable bonds is 2. The van der Waals surface area contributed by atoms with Crippen molar-refractivity contribution in [2.75, 3.05) is 0 Å². The van der Waals surface area contributed by atoms with Crippen LogP contribution in [0.1, 0.15) is 5.56 Å². The van der Waals surface area contributed by atoms with E-state index >= 15 is 0 Å². The van der Waals surface area contributed by atoms with Crippen LogP contribution in [0.3, 0.4) is 0 Å². The van der Waals surface area contributed by atoms with E-state index < -0.39 is 0 Å². The first-order valence-electron chi connectivity index (χ1n) is 6.46. The molecule has 1 N–H and O–H groups in total. The first kappa shape index (κ1) is 12.4. The minimum atomic E-state index is -0.331. The van der Waals surface area contributed by atoms with Gasteiger partial charge in [-0.05, 0) is 24.6 Å². The van der Waals surface area contributed by atoms with Crippen LogP contribution in [0.4, 0.5) is 0 Å². The molecule has 0 radical (unpaired) electrons. The summed E-state index contributed by atoms with van der Waals surface area (Å²) in [5.74, 6) is 0. The van der Waals surface area contributed by atoms with Gasteiger partial charge < -0.3 is 4.98 Å². The maximum Gasteiger partial charge on any atom is 0.345 e. The van der Waals surface area contributed by atoms with Crippen molar-refractivity contribution in [3.8, 4) is 22.5 Å². The van der Waals surface area contributed by atoms with Crippen LogP contribution in [0, 0.1) is 6.92 Å². The standard InChI is InChI=1S/C17H14N2O/c1-12-6-5-9-14(10-12)16-11-15(18-17(20)19-16)13-7-3-2-4-8-13/h2-11H,1H3,(H,18,19,20). The molecule has 1 aromatic heterocycles. The van der Waals surface area contributed by atoms with Gasteiger partial charge in [0.1, 0.15) is 0 Å². The molecule has 0 fully saturated rings. The topological polar surface area (TPSA) is 45.8 Å². The fraction of sp³-hybridized carbons (Fsp3) is 0.0588. The number of aryl methyl sites for hydroxylation is 1. The molecule has 0 saturated heterocycles. The van der Waals surface area contributed by atoms with Crippen LogP contribution in [0.25, 0.3) is 22.5 Å². The van der Waals surface area contributed by atoms with Gasteiger partial charge in [-0.3, -0.25) is 0 Å². The van der Waals surface area contributed by atoms with Crippen molar-refractivity contribution in [1.29, 1.82) is 0 Å². The summed E-state index contributed by atoms with van der Waals surface area (Å²) in [5.41, 5.74) is 4.21. The van der Waals surface area contributed by atoms with Gasteiger partial charge in [0.05, 0.1) is 11.4 Å². The molecule has 1 heterocycles. The average molecular weight is 262 g/mol. The van der Waals surface area contributed by atoms with Gasteiger partial charge in [0.25, 0.3) is 0 Å². The minimum Gasteiger partial charge on any atom is -0.305 e. The molecule has 20 heavy (non-hydrogen) atoms. The Bertz CT molecular complexity index is 791. The fourth-order valence-corrected chi connectivity index (χ4v) is 2.18. The molecular weight excluding hydrogens is 248 g/mol. The van der Waals surface area contributed by atoms with Crippen molar-refractivity contribution in [2.45, 2.75) is 6.92 Å². The first-order valence-corrected chi connectivity index (χ1v) is 6.46. The molecule has 0 unspecified atom stereocenters. The molecular formula is C17H14N2O. The van der Waals surface area contributed by atoms with Gasteiger partial charge in [0, 0.05) is 5.56 Å². The molecule has 0 aliphatic carbocycles. The molecule has 0 spiro atoms. The summed E-state index contributed by atoms with van der Waals surface area (Å²) < 4.78 is 0. The maximum atomic E-state index is 11.8. The molecule has 0 saturated carbocycles. The van der Waals surface area contributed by atoms with Gasteiger partial charge >= 0.3 is 5.69 Å². The van der Waals surface area contributed by atoms with E-state index in [4.69, 9.17) is 0 Å². The van der Waals surface area contributed by atoms with Crippen LogP contribution in [0.15, 0.2) is 65.5 Å². The van der Waals surface area contributed by atoms with Crippen LogP contribution < -0.4 is 5.69 Å². The lowest BCUT2D eigenvalue weighted by Gasteiger charge is -2.05. The number of aromatic nitrogens is 2. The van der Waals surface area contributed by atoms with E-state index in [1.54, 1.807) is 0 Å². The number of aromatic amines is 1. The van der Waals surface area contributed by atoms with Gasteiger partial charge in [-0.1, -0.05) is 54.1 Å². The number of benzene rings is 2. The van der Waals surface area contributed by atoms with Gasteiger partial charge in [0.2, 0.25) is 0 Å². The van der Waals surface area contributed by atoms with E-state index in [1.165, 1.54) is 0 Å². The van der Waals surface area contributed by atoms with Crippen LogP contribution in [0.2, 0.25) is 0 Å². The Labute approximate surface area is 117 Å². The van der Waals surface area contributed by atoms with Crippen molar-refractivity contribution < 1.29 is 0 Å². The van der Waals surface area contributed by atoms with Gasteiger partial charge in [-0.2, -0.15) is 4.98 Å². The minimum absolute atomic E-state index is 0.331. The van der Waals surface area contributed by atoms with Crippen LogP contribution in [0.5, 0.6) is 0 Å². The van der Waals surface area contributed by atoms with E-state index in [-0.39, 0.29) is 5.69 Å². The molecule has 0 aliphatic heterocycles. The highest BCUT2D eigenvalue weighted by Crippen LogP contribution is 2.22. The summed E-state index contributed by atoms with van der Waals surface area (Å²) in [5, 5.41) is 0. The zero-order valence-electron chi connectivity index (χ0n) is 11.1. The predicted molar refractivity (Wildman–Crippen MR) is 80.5 cm³/mol. The molecule has 3 nitrogen and oxygen atoms in total. The molecule has 0 bridgehead atoms. The molecule has 3 heteroatoms. The van der Waals surface area contributed by atoms with E-state index in [0.29, 0.717) is 5.69 Å². The monoisotopic (exact) mass is 262 g/mol. The Morgan fingerprint density at radius 3 is 2.40 bits per heavy atom. The molecule has 0 atom stereocenters. The quantitative estimate of drug-likeness (QED) is 0.769. The smallest absolute Gasteiger partial charge is 0.305 e. The zero-order chi connectivity index (χ0) is 13.9. The number of hydrogen-bond acceptors (Lipinski definition) is 2. The molecule has 0 amide bonds. The second kappa shape index (κ2) is 5.13. The Kier molecular flexibility index (Phi) is 3.17. The average Bonchev–Trinajstić information content (AvgIpc) is 2.47. The molecule has 2 aromatic carbocycles. The number of nitrogens with zero attached hydrogens (tertiary/aromatic N) is 1. The second-order valence-corrected chi connectivity index (χ2v) is 4.72. The summed E-state index contributed by atoms with van der Waals surface area (Å²) in [6, 6.07) is 19.7. The molecule has 3 aromatic rings.